The number of carbonyl (C=O) groups is 2. The minimum Gasteiger partial charge on any atom is -0.507 e. The highest BCUT2D eigenvalue weighted by molar-refractivity contribution is 7.14. The van der Waals surface area contributed by atoms with Crippen molar-refractivity contribution in [2.75, 3.05) is 11.5 Å². The van der Waals surface area contributed by atoms with Gasteiger partial charge in [-0.05, 0) is 60.7 Å². The van der Waals surface area contributed by atoms with E-state index in [4.69, 9.17) is 9.47 Å². The highest BCUT2D eigenvalue weighted by Gasteiger charge is 2.48. The molecule has 1 fully saturated rings. The van der Waals surface area contributed by atoms with E-state index in [1.54, 1.807) is 23.7 Å². The summed E-state index contributed by atoms with van der Waals surface area (Å²) in [5.41, 5.74) is 2.11. The second kappa shape index (κ2) is 9.78. The number of nitrogens with zero attached hydrogens (tertiary/aromatic N) is 2. The van der Waals surface area contributed by atoms with Crippen LogP contribution in [-0.4, -0.2) is 34.5 Å². The first kappa shape index (κ1) is 24.1. The third kappa shape index (κ3) is 4.48. The molecule has 5 rings (SSSR count). The van der Waals surface area contributed by atoms with Gasteiger partial charge in [-0.15, -0.1) is 11.3 Å². The molecule has 0 unspecified atom stereocenters. The quantitative estimate of drug-likeness (QED) is 0.259. The van der Waals surface area contributed by atoms with Gasteiger partial charge in [0.15, 0.2) is 5.13 Å². The molecular weight excluding hydrogens is 476 g/mol. The number of thiazole rings is 1. The number of aromatic nitrogens is 1. The van der Waals surface area contributed by atoms with Crippen LogP contribution in [0.25, 0.3) is 5.76 Å². The fourth-order valence-electron chi connectivity index (χ4n) is 4.59. The van der Waals surface area contributed by atoms with Crippen LogP contribution in [0, 0.1) is 5.92 Å². The maximum atomic E-state index is 13.3. The van der Waals surface area contributed by atoms with E-state index < -0.39 is 17.7 Å². The lowest BCUT2D eigenvalue weighted by Gasteiger charge is -2.23. The molecular formula is C28H28N2O5S. The van der Waals surface area contributed by atoms with Crippen molar-refractivity contribution in [2.45, 2.75) is 45.8 Å². The Morgan fingerprint density at radius 2 is 2.08 bits per heavy atom. The lowest BCUT2D eigenvalue weighted by atomic mass is 9.94. The van der Waals surface area contributed by atoms with Crippen LogP contribution in [0.5, 0.6) is 11.5 Å². The van der Waals surface area contributed by atoms with Crippen molar-refractivity contribution in [2.24, 2.45) is 5.92 Å². The largest absolute Gasteiger partial charge is 0.507 e. The van der Waals surface area contributed by atoms with E-state index in [0.717, 1.165) is 17.7 Å². The van der Waals surface area contributed by atoms with Crippen molar-refractivity contribution in [3.8, 4) is 11.5 Å². The molecule has 0 saturated carbocycles. The van der Waals surface area contributed by atoms with Crippen LogP contribution in [0.1, 0.15) is 49.9 Å². The number of benzene rings is 2. The number of hydrogen-bond donors (Lipinski definition) is 1. The highest BCUT2D eigenvalue weighted by atomic mass is 32.1. The van der Waals surface area contributed by atoms with E-state index in [2.05, 4.69) is 18.8 Å². The van der Waals surface area contributed by atoms with Crippen LogP contribution in [0.3, 0.4) is 0 Å². The van der Waals surface area contributed by atoms with Crippen LogP contribution in [0.15, 0.2) is 59.6 Å². The Morgan fingerprint density at radius 3 is 2.83 bits per heavy atom. The molecule has 1 N–H and O–H groups in total. The van der Waals surface area contributed by atoms with Crippen molar-refractivity contribution in [1.29, 1.82) is 0 Å². The normalized spacial score (nSPS) is 20.6. The summed E-state index contributed by atoms with van der Waals surface area (Å²) < 4.78 is 11.7. The fraction of sp³-hybridized carbons (Fsp3) is 0.321. The van der Waals surface area contributed by atoms with E-state index in [-0.39, 0.29) is 17.4 Å². The Morgan fingerprint density at radius 1 is 1.25 bits per heavy atom. The van der Waals surface area contributed by atoms with E-state index >= 15 is 0 Å². The maximum absolute atomic E-state index is 13.3. The zero-order valence-corrected chi connectivity index (χ0v) is 21.2. The van der Waals surface area contributed by atoms with Crippen LogP contribution in [-0.2, 0) is 16.0 Å². The Hall–Kier alpha value is -3.65. The first-order chi connectivity index (χ1) is 17.3. The summed E-state index contributed by atoms with van der Waals surface area (Å²) in [4.78, 5) is 32.2. The molecule has 1 aromatic heterocycles. The number of ether oxygens (including phenoxy) is 2. The Labute approximate surface area is 214 Å². The molecule has 0 bridgehead atoms. The average molecular weight is 505 g/mol. The van der Waals surface area contributed by atoms with Gasteiger partial charge in [0.25, 0.3) is 5.78 Å². The number of amides is 1. The third-order valence-corrected chi connectivity index (χ3v) is 7.15. The van der Waals surface area contributed by atoms with Gasteiger partial charge >= 0.3 is 5.91 Å². The minimum absolute atomic E-state index is 0.0291. The van der Waals surface area contributed by atoms with Crippen molar-refractivity contribution in [3.63, 3.8) is 0 Å². The summed E-state index contributed by atoms with van der Waals surface area (Å²) in [5.74, 6) is 0.230. The number of aliphatic hydroxyl groups excluding tert-OH is 1. The third-order valence-electron chi connectivity index (χ3n) is 6.38. The predicted octanol–water partition coefficient (Wildman–Crippen LogP) is 5.52. The van der Waals surface area contributed by atoms with E-state index in [9.17, 15) is 14.7 Å². The fourth-order valence-corrected chi connectivity index (χ4v) is 5.26. The maximum Gasteiger partial charge on any atom is 0.301 e. The lowest BCUT2D eigenvalue weighted by molar-refractivity contribution is -0.132. The van der Waals surface area contributed by atoms with Crippen LogP contribution >= 0.6 is 11.3 Å². The van der Waals surface area contributed by atoms with Crippen LogP contribution < -0.4 is 14.4 Å². The van der Waals surface area contributed by atoms with Crippen LogP contribution in [0.2, 0.25) is 0 Å². The van der Waals surface area contributed by atoms with Crippen LogP contribution in [0.4, 0.5) is 5.13 Å². The summed E-state index contributed by atoms with van der Waals surface area (Å²) in [6.45, 7) is 6.80. The Balaban J connectivity index is 1.59. The van der Waals surface area contributed by atoms with Crippen molar-refractivity contribution >= 4 is 33.9 Å². The molecule has 0 radical (unpaired) electrons. The first-order valence-electron chi connectivity index (χ1n) is 12.1. The molecule has 186 valence electrons. The molecule has 2 aromatic carbocycles. The van der Waals surface area contributed by atoms with Gasteiger partial charge in [-0.25, -0.2) is 4.98 Å². The monoisotopic (exact) mass is 504 g/mol. The van der Waals surface area contributed by atoms with Gasteiger partial charge in [-0.3, -0.25) is 14.5 Å². The van der Waals surface area contributed by atoms with Gasteiger partial charge in [0.05, 0.1) is 18.2 Å². The van der Waals surface area contributed by atoms with E-state index in [1.807, 2.05) is 37.3 Å². The first-order valence-corrected chi connectivity index (χ1v) is 12.9. The number of hydrogen-bond acceptors (Lipinski definition) is 7. The van der Waals surface area contributed by atoms with Gasteiger partial charge in [-0.1, -0.05) is 26.0 Å². The van der Waals surface area contributed by atoms with E-state index in [1.165, 1.54) is 16.2 Å². The van der Waals surface area contributed by atoms with Crippen molar-refractivity contribution < 1.29 is 24.2 Å². The summed E-state index contributed by atoms with van der Waals surface area (Å²) in [6.07, 6.45) is 3.25. The second-order valence-corrected chi connectivity index (χ2v) is 10.4. The molecule has 0 spiro atoms. The SMILES string of the molecule is CC(C)CCOc1cccc([C@H]2C(=C(O)c3ccc4c(c3)C[C@@H](C)O4)C(=O)C(=O)N2c2nccs2)c1. The summed E-state index contributed by atoms with van der Waals surface area (Å²) >= 11 is 1.26. The van der Waals surface area contributed by atoms with Gasteiger partial charge in [0, 0.05) is 23.6 Å². The smallest absolute Gasteiger partial charge is 0.301 e. The lowest BCUT2D eigenvalue weighted by Crippen LogP contribution is -2.29. The number of fused-ring (bicyclic) bond motifs is 1. The molecule has 7 nitrogen and oxygen atoms in total. The van der Waals surface area contributed by atoms with Crippen molar-refractivity contribution in [3.05, 3.63) is 76.3 Å². The van der Waals surface area contributed by atoms with Crippen molar-refractivity contribution in [1.82, 2.24) is 4.98 Å². The average Bonchev–Trinajstić information content (AvgIpc) is 3.56. The molecule has 2 aliphatic rings. The van der Waals surface area contributed by atoms with E-state index in [0.29, 0.717) is 41.0 Å². The topological polar surface area (TPSA) is 89.0 Å². The minimum atomic E-state index is -0.840. The zero-order valence-electron chi connectivity index (χ0n) is 20.4. The number of rotatable bonds is 7. The molecule has 3 aromatic rings. The molecule has 1 amide bonds. The summed E-state index contributed by atoms with van der Waals surface area (Å²) in [5, 5.41) is 13.6. The molecule has 2 atom stereocenters. The highest BCUT2D eigenvalue weighted by Crippen LogP contribution is 2.44. The number of aliphatic hydroxyl groups is 1. The summed E-state index contributed by atoms with van der Waals surface area (Å²) in [7, 11) is 0. The molecule has 8 heteroatoms. The number of ketones is 1. The predicted molar refractivity (Wildman–Crippen MR) is 139 cm³/mol. The van der Waals surface area contributed by atoms with Gasteiger partial charge < -0.3 is 14.6 Å². The molecule has 2 aliphatic heterocycles. The zero-order chi connectivity index (χ0) is 25.4. The number of anilines is 1. The number of Topliss-reactive ketones (excluding diaryl/α,β-unsaturated/α-hetero) is 1. The Kier molecular flexibility index (Phi) is 6.53. The number of carbonyl (C=O) groups excluding carboxylic acids is 2. The second-order valence-electron chi connectivity index (χ2n) is 9.54. The summed E-state index contributed by atoms with van der Waals surface area (Å²) in [6, 6.07) is 11.8. The molecule has 1 saturated heterocycles. The standard InChI is InChI=1S/C28H28N2O5S/c1-16(2)9-11-34-21-6-4-5-18(15-21)24-23(26(32)27(33)30(24)28-29-10-12-36-28)25(31)19-7-8-22-20(14-19)13-17(3)35-22/h4-8,10,12,14-17,24,31H,9,11,13H2,1-3H3/t17-,24+/m1/s1. The van der Waals surface area contributed by atoms with Gasteiger partial charge in [0.1, 0.15) is 23.4 Å². The van der Waals surface area contributed by atoms with Gasteiger partial charge in [-0.2, -0.15) is 0 Å². The molecule has 3 heterocycles. The molecule has 0 aliphatic carbocycles. The molecule has 36 heavy (non-hydrogen) atoms. The Bertz CT molecular complexity index is 1330. The van der Waals surface area contributed by atoms with Gasteiger partial charge in [0.2, 0.25) is 0 Å².